The van der Waals surface area contributed by atoms with E-state index in [9.17, 15) is 4.79 Å². The number of pyridine rings is 2. The van der Waals surface area contributed by atoms with E-state index in [1.165, 1.54) is 0 Å². The summed E-state index contributed by atoms with van der Waals surface area (Å²) in [5.41, 5.74) is 8.71. The van der Waals surface area contributed by atoms with Crippen LogP contribution in [-0.2, 0) is 20.6 Å². The molecule has 0 bridgehead atoms. The molecule has 0 saturated carbocycles. The highest BCUT2D eigenvalue weighted by Crippen LogP contribution is 2.36. The molecule has 10 nitrogen and oxygen atoms in total. The van der Waals surface area contributed by atoms with Crippen LogP contribution in [-0.4, -0.2) is 59.1 Å². The van der Waals surface area contributed by atoms with E-state index in [1.807, 2.05) is 66.7 Å². The number of amides is 1. The highest BCUT2D eigenvalue weighted by atomic mass is 16.7. The number of hydrogen-bond donors (Lipinski definition) is 3. The summed E-state index contributed by atoms with van der Waals surface area (Å²) in [4.78, 5) is 23.7. The smallest absolute Gasteiger partial charge is 0.444 e. The van der Waals surface area contributed by atoms with Gasteiger partial charge in [-0.1, -0.05) is 0 Å². The van der Waals surface area contributed by atoms with Crippen LogP contribution in [0.5, 0.6) is 0 Å². The summed E-state index contributed by atoms with van der Waals surface area (Å²) < 4.78 is 17.8. The Morgan fingerprint density at radius 1 is 1.21 bits per heavy atom. The molecule has 2 aliphatic rings. The standard InChI is InChI=1S/C27H41BN6O4/c1-25(2,3)36-24(35)32-18-9-8-14-34(17-18)22-12-13-30-15-21(22)31-16-20-19(29)10-11-23(33-20)28-37-26(4,5)27(6,7)38-28/h10-13,15,18,31H,8-9,14,16-17,29H2,1-7H3,(H,32,35)/t18-/m0/s1. The zero-order valence-corrected chi connectivity index (χ0v) is 23.6. The van der Waals surface area contributed by atoms with Gasteiger partial charge in [0.05, 0.1) is 52.3 Å². The Morgan fingerprint density at radius 2 is 1.92 bits per heavy atom. The van der Waals surface area contributed by atoms with Gasteiger partial charge in [-0.3, -0.25) is 9.97 Å². The molecule has 2 aromatic rings. The molecule has 0 aromatic carbocycles. The molecule has 2 saturated heterocycles. The second-order valence-electron chi connectivity index (χ2n) is 12.0. The molecule has 4 heterocycles. The maximum atomic E-state index is 12.3. The van der Waals surface area contributed by atoms with Crippen LogP contribution >= 0.6 is 0 Å². The number of nitrogens with two attached hydrogens (primary N) is 1. The first-order valence-corrected chi connectivity index (χ1v) is 13.3. The van der Waals surface area contributed by atoms with Crippen LogP contribution < -0.4 is 26.9 Å². The quantitative estimate of drug-likeness (QED) is 0.488. The van der Waals surface area contributed by atoms with E-state index in [4.69, 9.17) is 24.8 Å². The van der Waals surface area contributed by atoms with Gasteiger partial charge >= 0.3 is 13.2 Å². The lowest BCUT2D eigenvalue weighted by Crippen LogP contribution is -2.49. The molecule has 1 amide bonds. The van der Waals surface area contributed by atoms with Crippen LogP contribution in [0.4, 0.5) is 21.9 Å². The zero-order chi connectivity index (χ0) is 27.7. The van der Waals surface area contributed by atoms with Crippen molar-refractivity contribution in [1.82, 2.24) is 15.3 Å². The number of anilines is 3. The van der Waals surface area contributed by atoms with Crippen LogP contribution in [0.2, 0.25) is 0 Å². The molecule has 0 spiro atoms. The molecule has 4 rings (SSSR count). The number of rotatable bonds is 6. The summed E-state index contributed by atoms with van der Waals surface area (Å²) in [7, 11) is -0.559. The lowest BCUT2D eigenvalue weighted by Gasteiger charge is -2.36. The third-order valence-corrected chi connectivity index (χ3v) is 7.25. The fourth-order valence-electron chi connectivity index (χ4n) is 4.53. The van der Waals surface area contributed by atoms with Crippen LogP contribution in [0.1, 0.15) is 67.0 Å². The Bertz CT molecular complexity index is 1140. The summed E-state index contributed by atoms with van der Waals surface area (Å²) in [6.07, 6.45) is 5.04. The Balaban J connectivity index is 1.44. The molecule has 2 aromatic heterocycles. The van der Waals surface area contributed by atoms with E-state index in [-0.39, 0.29) is 12.1 Å². The molecular formula is C27H41BN6O4. The molecule has 0 unspecified atom stereocenters. The third kappa shape index (κ3) is 6.50. The summed E-state index contributed by atoms with van der Waals surface area (Å²) in [6.45, 7) is 15.6. The van der Waals surface area contributed by atoms with Crippen LogP contribution in [0.15, 0.2) is 30.6 Å². The van der Waals surface area contributed by atoms with Crippen LogP contribution in [0, 0.1) is 0 Å². The van der Waals surface area contributed by atoms with E-state index in [2.05, 4.69) is 20.5 Å². The second kappa shape index (κ2) is 10.6. The van der Waals surface area contributed by atoms with E-state index in [0.717, 1.165) is 30.8 Å². The number of carbonyl (C=O) groups excluding carboxylic acids is 1. The van der Waals surface area contributed by atoms with Crippen molar-refractivity contribution in [1.29, 1.82) is 0 Å². The molecule has 0 radical (unpaired) electrons. The SMILES string of the molecule is CC(C)(C)OC(=O)N[C@H]1CCCN(c2ccncc2NCc2nc(B3OC(C)(C)C(C)(C)O3)ccc2N)C1. The monoisotopic (exact) mass is 524 g/mol. The first-order chi connectivity index (χ1) is 17.7. The fraction of sp³-hybridized carbons (Fsp3) is 0.593. The van der Waals surface area contributed by atoms with Gasteiger partial charge in [0.15, 0.2) is 0 Å². The normalized spacial score (nSPS) is 20.8. The number of piperidine rings is 1. The number of nitrogens with one attached hydrogen (secondary N) is 2. The minimum atomic E-state index is -0.559. The van der Waals surface area contributed by atoms with Gasteiger partial charge in [0.25, 0.3) is 0 Å². The van der Waals surface area contributed by atoms with Gasteiger partial charge in [-0.15, -0.1) is 0 Å². The summed E-state index contributed by atoms with van der Waals surface area (Å²) in [5, 5.41) is 6.48. The Hall–Kier alpha value is -3.05. The molecule has 4 N–H and O–H groups in total. The van der Waals surface area contributed by atoms with Gasteiger partial charge in [-0.2, -0.15) is 0 Å². The summed E-state index contributed by atoms with van der Waals surface area (Å²) in [5.74, 6) is 0. The third-order valence-electron chi connectivity index (χ3n) is 7.25. The number of carbonyl (C=O) groups is 1. The minimum Gasteiger partial charge on any atom is -0.444 e. The highest BCUT2D eigenvalue weighted by molar-refractivity contribution is 6.61. The van der Waals surface area contributed by atoms with E-state index in [0.29, 0.717) is 30.1 Å². The van der Waals surface area contributed by atoms with Crippen molar-refractivity contribution in [2.45, 2.75) is 90.7 Å². The zero-order valence-electron chi connectivity index (χ0n) is 23.6. The summed E-state index contributed by atoms with van der Waals surface area (Å²) in [6, 6.07) is 5.66. The number of ether oxygens (including phenoxy) is 1. The van der Waals surface area contributed by atoms with E-state index < -0.39 is 23.9 Å². The molecule has 2 aliphatic heterocycles. The maximum Gasteiger partial charge on any atom is 0.514 e. The fourth-order valence-corrected chi connectivity index (χ4v) is 4.53. The largest absolute Gasteiger partial charge is 0.514 e. The molecule has 0 aliphatic carbocycles. The number of nitrogens with zero attached hydrogens (tertiary/aromatic N) is 3. The lowest BCUT2D eigenvalue weighted by molar-refractivity contribution is 0.00578. The van der Waals surface area contributed by atoms with E-state index >= 15 is 0 Å². The Morgan fingerprint density at radius 3 is 2.61 bits per heavy atom. The first-order valence-electron chi connectivity index (χ1n) is 13.3. The van der Waals surface area contributed by atoms with Gasteiger partial charge < -0.3 is 35.3 Å². The van der Waals surface area contributed by atoms with Gasteiger partial charge in [0.1, 0.15) is 5.60 Å². The minimum absolute atomic E-state index is 0.00600. The Labute approximate surface area is 226 Å². The number of hydrogen-bond acceptors (Lipinski definition) is 9. The number of alkyl carbamates (subject to hydrolysis) is 1. The topological polar surface area (TPSA) is 124 Å². The van der Waals surface area contributed by atoms with Crippen molar-refractivity contribution in [2.75, 3.05) is 29.0 Å². The van der Waals surface area contributed by atoms with Crippen molar-refractivity contribution in [2.24, 2.45) is 0 Å². The van der Waals surface area contributed by atoms with E-state index in [1.54, 1.807) is 12.4 Å². The summed E-state index contributed by atoms with van der Waals surface area (Å²) >= 11 is 0. The van der Waals surface area contributed by atoms with Crippen molar-refractivity contribution in [3.63, 3.8) is 0 Å². The maximum absolute atomic E-state index is 12.3. The molecule has 2 fully saturated rings. The van der Waals surface area contributed by atoms with Gasteiger partial charge in [-0.05, 0) is 79.5 Å². The molecule has 206 valence electrons. The van der Waals surface area contributed by atoms with Gasteiger partial charge in [0, 0.05) is 25.3 Å². The van der Waals surface area contributed by atoms with Crippen molar-refractivity contribution >= 4 is 35.9 Å². The predicted molar refractivity (Wildman–Crippen MR) is 151 cm³/mol. The molecule has 11 heteroatoms. The highest BCUT2D eigenvalue weighted by Gasteiger charge is 2.52. The predicted octanol–water partition coefficient (Wildman–Crippen LogP) is 3.46. The van der Waals surface area contributed by atoms with Crippen LogP contribution in [0.3, 0.4) is 0 Å². The van der Waals surface area contributed by atoms with Crippen molar-refractivity contribution < 1.29 is 18.8 Å². The molecular weight excluding hydrogens is 483 g/mol. The number of aromatic nitrogens is 2. The second-order valence-corrected chi connectivity index (χ2v) is 12.0. The average molecular weight is 524 g/mol. The van der Waals surface area contributed by atoms with Crippen molar-refractivity contribution in [3.05, 3.63) is 36.3 Å². The lowest BCUT2D eigenvalue weighted by atomic mass is 9.84. The van der Waals surface area contributed by atoms with Gasteiger partial charge in [-0.25, -0.2) is 4.79 Å². The first kappa shape index (κ1) is 28.0. The van der Waals surface area contributed by atoms with Gasteiger partial charge in [0.2, 0.25) is 0 Å². The molecule has 1 atom stereocenters. The number of nitrogen functional groups attached to an aromatic ring is 1. The Kier molecular flexibility index (Phi) is 7.81. The van der Waals surface area contributed by atoms with Crippen LogP contribution in [0.25, 0.3) is 0 Å². The van der Waals surface area contributed by atoms with Crippen molar-refractivity contribution in [3.8, 4) is 0 Å². The molecule has 38 heavy (non-hydrogen) atoms. The average Bonchev–Trinajstić information content (AvgIpc) is 3.04.